The summed E-state index contributed by atoms with van der Waals surface area (Å²) in [4.78, 5) is 13.8. The van der Waals surface area contributed by atoms with Gasteiger partial charge in [0.15, 0.2) is 5.82 Å². The topological polar surface area (TPSA) is 63.1 Å². The lowest BCUT2D eigenvalue weighted by molar-refractivity contribution is 1.19. The third-order valence-electron chi connectivity index (χ3n) is 3.80. The first kappa shape index (κ1) is 15.4. The lowest BCUT2D eigenvalue weighted by atomic mass is 10.0. The molecule has 0 unspecified atom stereocenters. The predicted octanol–water partition coefficient (Wildman–Crippen LogP) is 4.51. The number of aryl methyl sites for hydroxylation is 1. The smallest absolute Gasteiger partial charge is 0.159 e. The molecule has 0 saturated carbocycles. The van der Waals surface area contributed by atoms with Crippen molar-refractivity contribution in [3.8, 4) is 11.1 Å². The summed E-state index contributed by atoms with van der Waals surface area (Å²) >= 11 is 1.60. The molecule has 0 amide bonds. The van der Waals surface area contributed by atoms with Gasteiger partial charge >= 0.3 is 0 Å². The van der Waals surface area contributed by atoms with Crippen LogP contribution in [0, 0.1) is 6.92 Å². The Morgan fingerprint density at radius 1 is 1.12 bits per heavy atom. The summed E-state index contributed by atoms with van der Waals surface area (Å²) in [5.41, 5.74) is 7.45. The Morgan fingerprint density at radius 2 is 2.00 bits per heavy atom. The minimum atomic E-state index is 0.696. The van der Waals surface area contributed by atoms with Gasteiger partial charge in [0, 0.05) is 28.9 Å². The standard InChI is InChI=1S/C19H15N5S/c1-13-4-6-15(7-5-13)16-11-25-19-17(16)18(21-12-22-19)24-23-10-14-3-2-8-20-9-14/h2-12H,1H3,(H,21,22,24)/b23-10+. The first-order chi connectivity index (χ1) is 12.3. The molecule has 5 nitrogen and oxygen atoms in total. The van der Waals surface area contributed by atoms with Gasteiger partial charge in [0.25, 0.3) is 0 Å². The summed E-state index contributed by atoms with van der Waals surface area (Å²) in [6, 6.07) is 12.3. The highest BCUT2D eigenvalue weighted by Gasteiger charge is 2.12. The molecular weight excluding hydrogens is 330 g/mol. The molecule has 0 aliphatic heterocycles. The third-order valence-corrected chi connectivity index (χ3v) is 4.69. The van der Waals surface area contributed by atoms with E-state index in [4.69, 9.17) is 0 Å². The van der Waals surface area contributed by atoms with Gasteiger partial charge in [0.05, 0.1) is 11.6 Å². The Balaban J connectivity index is 1.70. The lowest BCUT2D eigenvalue weighted by Gasteiger charge is -2.05. The number of rotatable bonds is 4. The Morgan fingerprint density at radius 3 is 2.80 bits per heavy atom. The molecule has 25 heavy (non-hydrogen) atoms. The molecule has 0 aliphatic carbocycles. The van der Waals surface area contributed by atoms with Gasteiger partial charge in [-0.1, -0.05) is 35.9 Å². The zero-order valence-electron chi connectivity index (χ0n) is 13.5. The number of thiophene rings is 1. The van der Waals surface area contributed by atoms with Crippen LogP contribution in [0.5, 0.6) is 0 Å². The van der Waals surface area contributed by atoms with Crippen molar-refractivity contribution in [2.45, 2.75) is 6.92 Å². The molecule has 4 aromatic rings. The summed E-state index contributed by atoms with van der Waals surface area (Å²) in [5, 5.41) is 7.39. The molecule has 0 fully saturated rings. The second kappa shape index (κ2) is 6.78. The number of hydrogen-bond acceptors (Lipinski definition) is 6. The van der Waals surface area contributed by atoms with Gasteiger partial charge in [0.1, 0.15) is 11.2 Å². The minimum absolute atomic E-state index is 0.696. The normalized spacial score (nSPS) is 11.2. The monoisotopic (exact) mass is 345 g/mol. The van der Waals surface area contributed by atoms with Crippen LogP contribution < -0.4 is 5.43 Å². The Bertz CT molecular complexity index is 1020. The largest absolute Gasteiger partial charge is 0.264 e. The summed E-state index contributed by atoms with van der Waals surface area (Å²) < 4.78 is 0. The van der Waals surface area contributed by atoms with E-state index in [0.29, 0.717) is 5.82 Å². The highest BCUT2D eigenvalue weighted by molar-refractivity contribution is 7.17. The predicted molar refractivity (Wildman–Crippen MR) is 103 cm³/mol. The molecule has 0 radical (unpaired) electrons. The molecule has 1 N–H and O–H groups in total. The number of hydrazone groups is 1. The van der Waals surface area contributed by atoms with E-state index >= 15 is 0 Å². The molecule has 0 bridgehead atoms. The van der Waals surface area contributed by atoms with E-state index in [1.807, 2.05) is 12.1 Å². The van der Waals surface area contributed by atoms with Crippen LogP contribution >= 0.6 is 11.3 Å². The van der Waals surface area contributed by atoms with Crippen molar-refractivity contribution >= 4 is 33.6 Å². The molecular formula is C19H15N5S. The van der Waals surface area contributed by atoms with Gasteiger partial charge in [-0.05, 0) is 18.6 Å². The van der Waals surface area contributed by atoms with Crippen molar-refractivity contribution in [2.75, 3.05) is 5.43 Å². The van der Waals surface area contributed by atoms with Gasteiger partial charge in [-0.2, -0.15) is 5.10 Å². The molecule has 3 heterocycles. The third kappa shape index (κ3) is 3.25. The van der Waals surface area contributed by atoms with Crippen molar-refractivity contribution in [1.82, 2.24) is 15.0 Å². The number of pyridine rings is 1. The van der Waals surface area contributed by atoms with Crippen LogP contribution in [0.3, 0.4) is 0 Å². The number of fused-ring (bicyclic) bond motifs is 1. The molecule has 122 valence electrons. The van der Waals surface area contributed by atoms with Crippen LogP contribution in [0.15, 0.2) is 65.6 Å². The first-order valence-electron chi connectivity index (χ1n) is 7.79. The number of nitrogens with zero attached hydrogens (tertiary/aromatic N) is 4. The van der Waals surface area contributed by atoms with Crippen LogP contribution in [-0.2, 0) is 0 Å². The van der Waals surface area contributed by atoms with Crippen molar-refractivity contribution in [1.29, 1.82) is 0 Å². The fourth-order valence-electron chi connectivity index (χ4n) is 2.53. The Hall–Kier alpha value is -3.12. The van der Waals surface area contributed by atoms with Gasteiger partial charge in [-0.15, -0.1) is 11.3 Å². The second-order valence-corrected chi connectivity index (χ2v) is 6.43. The molecule has 0 saturated heterocycles. The fourth-order valence-corrected chi connectivity index (χ4v) is 3.44. The zero-order valence-corrected chi connectivity index (χ0v) is 14.4. The number of anilines is 1. The summed E-state index contributed by atoms with van der Waals surface area (Å²) in [5.74, 6) is 0.696. The number of nitrogens with one attached hydrogen (secondary N) is 1. The summed E-state index contributed by atoms with van der Waals surface area (Å²) in [7, 11) is 0. The van der Waals surface area contributed by atoms with Crippen LogP contribution in [-0.4, -0.2) is 21.2 Å². The van der Waals surface area contributed by atoms with E-state index in [1.54, 1.807) is 36.3 Å². The van der Waals surface area contributed by atoms with Crippen molar-refractivity contribution < 1.29 is 0 Å². The average molecular weight is 345 g/mol. The summed E-state index contributed by atoms with van der Waals surface area (Å²) in [6.45, 7) is 2.08. The molecule has 0 aliphatic rings. The number of benzene rings is 1. The molecule has 4 rings (SSSR count). The van der Waals surface area contributed by atoms with E-state index in [2.05, 4.69) is 62.0 Å². The maximum atomic E-state index is 4.38. The van der Waals surface area contributed by atoms with E-state index < -0.39 is 0 Å². The maximum Gasteiger partial charge on any atom is 0.159 e. The molecule has 0 spiro atoms. The van der Waals surface area contributed by atoms with Gasteiger partial charge in [-0.3, -0.25) is 10.4 Å². The van der Waals surface area contributed by atoms with Gasteiger partial charge < -0.3 is 0 Å². The Labute approximate surface area is 149 Å². The van der Waals surface area contributed by atoms with E-state index in [0.717, 1.165) is 26.9 Å². The van der Waals surface area contributed by atoms with Crippen LogP contribution in [0.25, 0.3) is 21.3 Å². The molecule has 0 atom stereocenters. The van der Waals surface area contributed by atoms with E-state index in [-0.39, 0.29) is 0 Å². The minimum Gasteiger partial charge on any atom is -0.264 e. The average Bonchev–Trinajstić information content (AvgIpc) is 3.08. The van der Waals surface area contributed by atoms with E-state index in [1.165, 1.54) is 5.56 Å². The number of hydrogen-bond donors (Lipinski definition) is 1. The van der Waals surface area contributed by atoms with Crippen LogP contribution in [0.1, 0.15) is 11.1 Å². The summed E-state index contributed by atoms with van der Waals surface area (Å²) in [6.07, 6.45) is 6.76. The van der Waals surface area contributed by atoms with Crippen molar-refractivity contribution in [2.24, 2.45) is 5.10 Å². The SMILES string of the molecule is Cc1ccc(-c2csc3ncnc(N/N=C/c4cccnc4)c23)cc1. The highest BCUT2D eigenvalue weighted by atomic mass is 32.1. The van der Waals surface area contributed by atoms with Crippen molar-refractivity contribution in [3.05, 3.63) is 71.6 Å². The van der Waals surface area contributed by atoms with Crippen LogP contribution in [0.4, 0.5) is 5.82 Å². The van der Waals surface area contributed by atoms with Gasteiger partial charge in [0.2, 0.25) is 0 Å². The first-order valence-corrected chi connectivity index (χ1v) is 8.67. The Kier molecular flexibility index (Phi) is 4.18. The number of aromatic nitrogens is 3. The van der Waals surface area contributed by atoms with Crippen LogP contribution in [0.2, 0.25) is 0 Å². The van der Waals surface area contributed by atoms with E-state index in [9.17, 15) is 0 Å². The molecule has 3 aromatic heterocycles. The highest BCUT2D eigenvalue weighted by Crippen LogP contribution is 2.36. The van der Waals surface area contributed by atoms with Crippen molar-refractivity contribution in [3.63, 3.8) is 0 Å². The molecule has 1 aromatic carbocycles. The fraction of sp³-hybridized carbons (Fsp3) is 0.0526. The lowest BCUT2D eigenvalue weighted by Crippen LogP contribution is -1.95. The quantitative estimate of drug-likeness (QED) is 0.437. The second-order valence-electron chi connectivity index (χ2n) is 5.57. The zero-order chi connectivity index (χ0) is 17.1. The maximum absolute atomic E-state index is 4.38. The van der Waals surface area contributed by atoms with Gasteiger partial charge in [-0.25, -0.2) is 9.97 Å². The molecule has 6 heteroatoms.